The minimum atomic E-state index is 1.10. The largest absolute Gasteiger partial charge is 0.311 e. The van der Waals surface area contributed by atoms with Crippen molar-refractivity contribution < 1.29 is 0 Å². The van der Waals surface area contributed by atoms with E-state index in [0.29, 0.717) is 0 Å². The van der Waals surface area contributed by atoms with Crippen LogP contribution in [0.3, 0.4) is 0 Å². The normalized spacial score (nSPS) is 11.0. The Hall–Kier alpha value is -6.96. The highest BCUT2D eigenvalue weighted by molar-refractivity contribution is 6.04. The summed E-state index contributed by atoms with van der Waals surface area (Å²) in [7, 11) is 0. The number of hydrogen-bond donors (Lipinski definition) is 0. The van der Waals surface area contributed by atoms with Crippen LogP contribution in [0.2, 0.25) is 0 Å². The van der Waals surface area contributed by atoms with E-state index in [1.165, 1.54) is 66.4 Å². The van der Waals surface area contributed by atoms with E-state index in [-0.39, 0.29) is 0 Å². The number of benzene rings is 9. The topological polar surface area (TPSA) is 3.24 Å². The summed E-state index contributed by atoms with van der Waals surface area (Å²) in [4.78, 5) is 2.35. The third-order valence-electron chi connectivity index (χ3n) is 10.1. The van der Waals surface area contributed by atoms with Crippen molar-refractivity contribution in [2.24, 2.45) is 0 Å². The van der Waals surface area contributed by atoms with Crippen LogP contribution < -0.4 is 4.90 Å². The van der Waals surface area contributed by atoms with Crippen molar-refractivity contribution in [3.8, 4) is 55.6 Å². The Balaban J connectivity index is 1.12. The fourth-order valence-corrected chi connectivity index (χ4v) is 7.41. The number of fused-ring (bicyclic) bond motifs is 1. The highest BCUT2D eigenvalue weighted by Crippen LogP contribution is 2.41. The summed E-state index contributed by atoms with van der Waals surface area (Å²) in [5, 5.41) is 2.49. The zero-order valence-corrected chi connectivity index (χ0v) is 29.3. The highest BCUT2D eigenvalue weighted by atomic mass is 15.1. The van der Waals surface area contributed by atoms with E-state index >= 15 is 0 Å². The van der Waals surface area contributed by atoms with Crippen LogP contribution in [-0.2, 0) is 0 Å². The molecule has 0 bridgehead atoms. The summed E-state index contributed by atoms with van der Waals surface area (Å²) in [6.45, 7) is 0. The molecule has 0 amide bonds. The van der Waals surface area contributed by atoms with Crippen molar-refractivity contribution in [3.63, 3.8) is 0 Å². The van der Waals surface area contributed by atoms with Gasteiger partial charge in [0, 0.05) is 17.1 Å². The molecule has 0 aliphatic carbocycles. The fraction of sp³-hybridized carbons (Fsp3) is 0. The Kier molecular flexibility index (Phi) is 8.66. The maximum absolute atomic E-state index is 2.35. The van der Waals surface area contributed by atoms with Crippen molar-refractivity contribution in [3.05, 3.63) is 224 Å². The minimum absolute atomic E-state index is 1.10. The molecule has 9 rings (SSSR count). The molecule has 9 aromatic carbocycles. The first kappa shape index (κ1) is 32.0. The predicted octanol–water partition coefficient (Wildman–Crippen LogP) is 14.6. The van der Waals surface area contributed by atoms with Crippen molar-refractivity contribution in [2.45, 2.75) is 0 Å². The van der Waals surface area contributed by atoms with Gasteiger partial charge in [0.15, 0.2) is 0 Å². The lowest BCUT2D eigenvalue weighted by atomic mass is 9.89. The molecule has 0 radical (unpaired) electrons. The van der Waals surface area contributed by atoms with Crippen molar-refractivity contribution >= 4 is 27.8 Å². The van der Waals surface area contributed by atoms with Crippen LogP contribution in [0, 0.1) is 0 Å². The van der Waals surface area contributed by atoms with Crippen LogP contribution in [0.4, 0.5) is 17.1 Å². The van der Waals surface area contributed by atoms with E-state index in [2.05, 4.69) is 229 Å². The van der Waals surface area contributed by atoms with Crippen LogP contribution in [0.5, 0.6) is 0 Å². The Bertz CT molecular complexity index is 2610. The molecule has 0 saturated carbocycles. The SMILES string of the molecule is c1ccc(-c2ccc(N(c3ccc(-c4cccc(-c5ccccc5)c4)cc3)c3ccc(-c4c(-c5ccccc5)ccc5ccccc45)cc3)cc2)cc1. The van der Waals surface area contributed by atoms with Gasteiger partial charge in [0.05, 0.1) is 0 Å². The van der Waals surface area contributed by atoms with Gasteiger partial charge in [-0.2, -0.15) is 0 Å². The molecule has 9 aromatic rings. The number of rotatable bonds is 8. The molecule has 0 N–H and O–H groups in total. The van der Waals surface area contributed by atoms with Crippen LogP contribution in [0.15, 0.2) is 224 Å². The van der Waals surface area contributed by atoms with Crippen molar-refractivity contribution in [1.29, 1.82) is 0 Å². The molecule has 0 aromatic heterocycles. The van der Waals surface area contributed by atoms with Gasteiger partial charge in [0.1, 0.15) is 0 Å². The smallest absolute Gasteiger partial charge is 0.0462 e. The van der Waals surface area contributed by atoms with Crippen LogP contribution in [-0.4, -0.2) is 0 Å². The zero-order valence-electron chi connectivity index (χ0n) is 29.3. The van der Waals surface area contributed by atoms with Gasteiger partial charge in [-0.3, -0.25) is 0 Å². The van der Waals surface area contributed by atoms with E-state index in [1.54, 1.807) is 0 Å². The Labute approximate surface area is 311 Å². The Morgan fingerprint density at radius 3 is 1.19 bits per heavy atom. The average molecular weight is 676 g/mol. The second-order valence-electron chi connectivity index (χ2n) is 13.4. The number of nitrogens with zero attached hydrogens (tertiary/aromatic N) is 1. The zero-order chi connectivity index (χ0) is 35.4. The van der Waals surface area contributed by atoms with Crippen LogP contribution in [0.1, 0.15) is 0 Å². The molecule has 0 heterocycles. The average Bonchev–Trinajstić information content (AvgIpc) is 3.25. The first-order valence-corrected chi connectivity index (χ1v) is 18.2. The molecule has 0 aliphatic heterocycles. The van der Waals surface area contributed by atoms with Crippen molar-refractivity contribution in [1.82, 2.24) is 0 Å². The second kappa shape index (κ2) is 14.3. The summed E-state index contributed by atoms with van der Waals surface area (Å²) in [6.07, 6.45) is 0. The van der Waals surface area contributed by atoms with E-state index in [0.717, 1.165) is 17.1 Å². The Morgan fingerprint density at radius 1 is 0.245 bits per heavy atom. The standard InChI is InChI=1S/C52H37N/c1-4-13-38(14-5-1)40-23-30-47(31-24-40)53(48-32-25-41(26-33-48)46-21-12-20-45(37-46)39-15-6-2-7-16-39)49-34-27-44(28-35-49)52-50-22-11-10-19-43(50)29-36-51(52)42-17-8-3-9-18-42/h1-37H. The molecule has 53 heavy (non-hydrogen) atoms. The maximum Gasteiger partial charge on any atom is 0.0462 e. The number of hydrogen-bond acceptors (Lipinski definition) is 1. The molecule has 1 heteroatoms. The third-order valence-corrected chi connectivity index (χ3v) is 10.1. The molecular formula is C52H37N. The van der Waals surface area contributed by atoms with Gasteiger partial charge >= 0.3 is 0 Å². The van der Waals surface area contributed by atoms with Gasteiger partial charge in [0.2, 0.25) is 0 Å². The molecule has 250 valence electrons. The molecule has 1 nitrogen and oxygen atoms in total. The quantitative estimate of drug-likeness (QED) is 0.155. The minimum Gasteiger partial charge on any atom is -0.311 e. The first-order chi connectivity index (χ1) is 26.3. The van der Waals surface area contributed by atoms with Gasteiger partial charge in [-0.1, -0.05) is 182 Å². The monoisotopic (exact) mass is 675 g/mol. The summed E-state index contributed by atoms with van der Waals surface area (Å²) in [5.74, 6) is 0. The maximum atomic E-state index is 2.35. The number of anilines is 3. The molecule has 0 aliphatic rings. The van der Waals surface area contributed by atoms with E-state index < -0.39 is 0 Å². The lowest BCUT2D eigenvalue weighted by Gasteiger charge is -2.26. The lowest BCUT2D eigenvalue weighted by Crippen LogP contribution is -2.09. The van der Waals surface area contributed by atoms with Gasteiger partial charge in [-0.05, 0) is 109 Å². The van der Waals surface area contributed by atoms with Gasteiger partial charge in [-0.15, -0.1) is 0 Å². The van der Waals surface area contributed by atoms with E-state index in [9.17, 15) is 0 Å². The fourth-order valence-electron chi connectivity index (χ4n) is 7.41. The first-order valence-electron chi connectivity index (χ1n) is 18.2. The summed E-state index contributed by atoms with van der Waals surface area (Å²) in [5.41, 5.74) is 15.4. The van der Waals surface area contributed by atoms with Gasteiger partial charge < -0.3 is 4.90 Å². The molecule has 0 atom stereocenters. The van der Waals surface area contributed by atoms with E-state index in [4.69, 9.17) is 0 Å². The van der Waals surface area contributed by atoms with Crippen LogP contribution >= 0.6 is 0 Å². The summed E-state index contributed by atoms with van der Waals surface area (Å²) in [6, 6.07) is 80.7. The molecular weight excluding hydrogens is 639 g/mol. The molecule has 0 fully saturated rings. The molecule has 0 unspecified atom stereocenters. The second-order valence-corrected chi connectivity index (χ2v) is 13.4. The van der Waals surface area contributed by atoms with Gasteiger partial charge in [-0.25, -0.2) is 0 Å². The Morgan fingerprint density at radius 2 is 0.642 bits per heavy atom. The third kappa shape index (κ3) is 6.53. The highest BCUT2D eigenvalue weighted by Gasteiger charge is 2.16. The lowest BCUT2D eigenvalue weighted by molar-refractivity contribution is 1.28. The van der Waals surface area contributed by atoms with Crippen molar-refractivity contribution in [2.75, 3.05) is 4.90 Å². The predicted molar refractivity (Wildman–Crippen MR) is 226 cm³/mol. The summed E-state index contributed by atoms with van der Waals surface area (Å²) < 4.78 is 0. The molecule has 0 saturated heterocycles. The van der Waals surface area contributed by atoms with E-state index in [1.807, 2.05) is 0 Å². The van der Waals surface area contributed by atoms with Crippen LogP contribution in [0.25, 0.3) is 66.4 Å². The summed E-state index contributed by atoms with van der Waals surface area (Å²) >= 11 is 0. The van der Waals surface area contributed by atoms with Gasteiger partial charge in [0.25, 0.3) is 0 Å². The molecule has 0 spiro atoms.